The van der Waals surface area contributed by atoms with Crippen LogP contribution in [0.5, 0.6) is 0 Å². The van der Waals surface area contributed by atoms with Crippen LogP contribution in [0.4, 0.5) is 14.5 Å². The van der Waals surface area contributed by atoms with Gasteiger partial charge in [0.2, 0.25) is 0 Å². The Morgan fingerprint density at radius 2 is 1.76 bits per heavy atom. The van der Waals surface area contributed by atoms with Crippen LogP contribution in [0.1, 0.15) is 21.5 Å². The highest BCUT2D eigenvalue weighted by molar-refractivity contribution is 6.04. The Balaban J connectivity index is 2.20. The average molecular weight is 290 g/mol. The molecule has 0 radical (unpaired) electrons. The van der Waals surface area contributed by atoms with Gasteiger partial charge in [-0.3, -0.25) is 4.79 Å². The highest BCUT2D eigenvalue weighted by Gasteiger charge is 2.19. The van der Waals surface area contributed by atoms with Crippen LogP contribution in [-0.4, -0.2) is 13.0 Å². The van der Waals surface area contributed by atoms with E-state index in [1.165, 1.54) is 13.0 Å². The van der Waals surface area contributed by atoms with Crippen LogP contribution in [-0.2, 0) is 6.54 Å². The number of aryl methyl sites for hydroxylation is 1. The molecule has 0 aromatic heterocycles. The van der Waals surface area contributed by atoms with E-state index >= 15 is 0 Å². The van der Waals surface area contributed by atoms with Crippen molar-refractivity contribution in [3.8, 4) is 0 Å². The summed E-state index contributed by atoms with van der Waals surface area (Å²) in [6.45, 7) is 2.19. The third-order valence-electron chi connectivity index (χ3n) is 3.10. The molecule has 0 saturated carbocycles. The fraction of sp³-hybridized carbons (Fsp3) is 0.188. The SMILES string of the molecule is CNCc1ccc(NC(=O)c2c(F)ccc(C)c2F)cc1. The Morgan fingerprint density at radius 1 is 1.10 bits per heavy atom. The maximum Gasteiger partial charge on any atom is 0.261 e. The van der Waals surface area contributed by atoms with E-state index in [-0.39, 0.29) is 5.56 Å². The van der Waals surface area contributed by atoms with Crippen molar-refractivity contribution >= 4 is 11.6 Å². The van der Waals surface area contributed by atoms with Crippen molar-refractivity contribution in [2.45, 2.75) is 13.5 Å². The van der Waals surface area contributed by atoms with Gasteiger partial charge in [-0.05, 0) is 43.3 Å². The van der Waals surface area contributed by atoms with E-state index in [1.54, 1.807) is 12.1 Å². The van der Waals surface area contributed by atoms with E-state index in [2.05, 4.69) is 10.6 Å². The summed E-state index contributed by atoms with van der Waals surface area (Å²) in [5.41, 5.74) is 1.20. The zero-order valence-corrected chi connectivity index (χ0v) is 11.8. The topological polar surface area (TPSA) is 41.1 Å². The Hall–Kier alpha value is -2.27. The quantitative estimate of drug-likeness (QED) is 0.907. The molecule has 2 aromatic carbocycles. The Labute approximate surface area is 122 Å². The van der Waals surface area contributed by atoms with Gasteiger partial charge in [0.05, 0.1) is 0 Å². The van der Waals surface area contributed by atoms with E-state index < -0.39 is 23.1 Å². The molecule has 1 amide bonds. The van der Waals surface area contributed by atoms with Crippen LogP contribution in [0.15, 0.2) is 36.4 Å². The summed E-state index contributed by atoms with van der Waals surface area (Å²) in [5, 5.41) is 5.50. The lowest BCUT2D eigenvalue weighted by atomic mass is 10.1. The largest absolute Gasteiger partial charge is 0.322 e. The summed E-state index contributed by atoms with van der Waals surface area (Å²) < 4.78 is 27.5. The second kappa shape index (κ2) is 6.45. The molecule has 0 aliphatic heterocycles. The third-order valence-corrected chi connectivity index (χ3v) is 3.10. The number of halogens is 2. The number of amides is 1. The zero-order valence-electron chi connectivity index (χ0n) is 11.8. The number of carbonyl (C=O) groups is 1. The number of anilines is 1. The molecule has 2 N–H and O–H groups in total. The van der Waals surface area contributed by atoms with E-state index in [0.717, 1.165) is 11.6 Å². The van der Waals surface area contributed by atoms with E-state index in [0.29, 0.717) is 12.2 Å². The van der Waals surface area contributed by atoms with Crippen molar-refractivity contribution in [3.05, 3.63) is 64.7 Å². The minimum atomic E-state index is -0.873. The van der Waals surface area contributed by atoms with Crippen LogP contribution in [0.25, 0.3) is 0 Å². The van der Waals surface area contributed by atoms with Crippen molar-refractivity contribution in [3.63, 3.8) is 0 Å². The number of rotatable bonds is 4. The van der Waals surface area contributed by atoms with Crippen LogP contribution >= 0.6 is 0 Å². The Kier molecular flexibility index (Phi) is 4.65. The number of carbonyl (C=O) groups excluding carboxylic acids is 1. The van der Waals surface area contributed by atoms with Crippen LogP contribution < -0.4 is 10.6 Å². The van der Waals surface area contributed by atoms with Gasteiger partial charge in [0.15, 0.2) is 0 Å². The molecule has 0 atom stereocenters. The van der Waals surface area contributed by atoms with E-state index in [9.17, 15) is 13.6 Å². The van der Waals surface area contributed by atoms with Crippen LogP contribution in [0.2, 0.25) is 0 Å². The lowest BCUT2D eigenvalue weighted by Gasteiger charge is -2.09. The summed E-state index contributed by atoms with van der Waals surface area (Å²) in [4.78, 5) is 12.0. The maximum atomic E-state index is 13.9. The predicted molar refractivity (Wildman–Crippen MR) is 78.3 cm³/mol. The number of hydrogen-bond acceptors (Lipinski definition) is 2. The summed E-state index contributed by atoms with van der Waals surface area (Å²) in [6, 6.07) is 9.42. The standard InChI is InChI=1S/C16H16F2N2O/c1-10-3-8-13(17)14(15(10)18)16(21)20-12-6-4-11(5-7-12)9-19-2/h3-8,19H,9H2,1-2H3,(H,20,21). The maximum absolute atomic E-state index is 13.9. The highest BCUT2D eigenvalue weighted by atomic mass is 19.1. The van der Waals surface area contributed by atoms with Gasteiger partial charge in [0.25, 0.3) is 5.91 Å². The van der Waals surface area contributed by atoms with Gasteiger partial charge in [-0.1, -0.05) is 18.2 Å². The summed E-state index contributed by atoms with van der Waals surface area (Å²) in [5.74, 6) is -2.50. The van der Waals surface area contributed by atoms with Gasteiger partial charge < -0.3 is 10.6 Å². The normalized spacial score (nSPS) is 10.5. The first kappa shape index (κ1) is 15.1. The number of benzene rings is 2. The zero-order chi connectivity index (χ0) is 15.4. The molecule has 0 spiro atoms. The van der Waals surface area contributed by atoms with Crippen LogP contribution in [0.3, 0.4) is 0 Å². The summed E-state index contributed by atoms with van der Waals surface area (Å²) in [7, 11) is 1.83. The molecular weight excluding hydrogens is 274 g/mol. The van der Waals surface area contributed by atoms with E-state index in [1.807, 2.05) is 19.2 Å². The molecule has 0 aliphatic carbocycles. The molecule has 0 bridgehead atoms. The molecule has 0 saturated heterocycles. The molecule has 2 rings (SSSR count). The van der Waals surface area contributed by atoms with Crippen molar-refractivity contribution in [1.29, 1.82) is 0 Å². The van der Waals surface area contributed by atoms with Gasteiger partial charge in [0, 0.05) is 12.2 Å². The smallest absolute Gasteiger partial charge is 0.261 e. The Morgan fingerprint density at radius 3 is 2.38 bits per heavy atom. The van der Waals surface area contributed by atoms with Gasteiger partial charge in [-0.2, -0.15) is 0 Å². The lowest BCUT2D eigenvalue weighted by molar-refractivity contribution is 0.101. The second-order valence-corrected chi connectivity index (χ2v) is 4.73. The molecule has 110 valence electrons. The first-order valence-corrected chi connectivity index (χ1v) is 6.52. The Bertz CT molecular complexity index is 654. The first-order chi connectivity index (χ1) is 10.0. The van der Waals surface area contributed by atoms with Gasteiger partial charge >= 0.3 is 0 Å². The van der Waals surface area contributed by atoms with Crippen molar-refractivity contribution in [2.75, 3.05) is 12.4 Å². The minimum absolute atomic E-state index is 0.228. The molecular formula is C16H16F2N2O. The van der Waals surface area contributed by atoms with Crippen molar-refractivity contribution < 1.29 is 13.6 Å². The molecule has 2 aromatic rings. The average Bonchev–Trinajstić information content (AvgIpc) is 2.46. The van der Waals surface area contributed by atoms with Crippen LogP contribution in [0, 0.1) is 18.6 Å². The molecule has 5 heteroatoms. The predicted octanol–water partition coefficient (Wildman–Crippen LogP) is 3.24. The van der Waals surface area contributed by atoms with E-state index in [4.69, 9.17) is 0 Å². The number of nitrogens with one attached hydrogen (secondary N) is 2. The molecule has 0 heterocycles. The summed E-state index contributed by atoms with van der Waals surface area (Å²) >= 11 is 0. The van der Waals surface area contributed by atoms with Gasteiger partial charge in [0.1, 0.15) is 17.2 Å². The monoisotopic (exact) mass is 290 g/mol. The van der Waals surface area contributed by atoms with Crippen molar-refractivity contribution in [2.24, 2.45) is 0 Å². The first-order valence-electron chi connectivity index (χ1n) is 6.52. The van der Waals surface area contributed by atoms with Gasteiger partial charge in [-0.15, -0.1) is 0 Å². The highest BCUT2D eigenvalue weighted by Crippen LogP contribution is 2.18. The minimum Gasteiger partial charge on any atom is -0.322 e. The fourth-order valence-electron chi connectivity index (χ4n) is 1.97. The molecule has 0 fully saturated rings. The molecule has 0 aliphatic rings. The lowest BCUT2D eigenvalue weighted by Crippen LogP contribution is -2.16. The molecule has 0 unspecified atom stereocenters. The summed E-state index contributed by atoms with van der Waals surface area (Å²) in [6.07, 6.45) is 0. The molecule has 21 heavy (non-hydrogen) atoms. The molecule has 3 nitrogen and oxygen atoms in total. The number of hydrogen-bond donors (Lipinski definition) is 2. The third kappa shape index (κ3) is 3.44. The second-order valence-electron chi connectivity index (χ2n) is 4.73. The van der Waals surface area contributed by atoms with Crippen molar-refractivity contribution in [1.82, 2.24) is 5.32 Å². The fourth-order valence-corrected chi connectivity index (χ4v) is 1.97. The van der Waals surface area contributed by atoms with Gasteiger partial charge in [-0.25, -0.2) is 8.78 Å².